The van der Waals surface area contributed by atoms with Crippen LogP contribution in [-0.4, -0.2) is 78.1 Å². The molecule has 0 saturated carbocycles. The molecule has 3 heterocycles. The van der Waals surface area contributed by atoms with Gasteiger partial charge in [0.25, 0.3) is 0 Å². The lowest BCUT2D eigenvalue weighted by Crippen LogP contribution is -2.49. The van der Waals surface area contributed by atoms with Crippen LogP contribution in [0.3, 0.4) is 0 Å². The summed E-state index contributed by atoms with van der Waals surface area (Å²) < 4.78 is 0. The summed E-state index contributed by atoms with van der Waals surface area (Å²) in [5.41, 5.74) is 0.287. The number of nitrogens with one attached hydrogen (secondary N) is 1. The Hall–Kier alpha value is -1.57. The number of piperidine rings is 1. The number of allylic oxidation sites excluding steroid dienone is 2. The minimum Gasteiger partial charge on any atom is -0.362 e. The van der Waals surface area contributed by atoms with Crippen molar-refractivity contribution in [1.29, 1.82) is 0 Å². The highest BCUT2D eigenvalue weighted by atomic mass is 16.3. The third-order valence-electron chi connectivity index (χ3n) is 5.88. The molecular weight excluding hydrogens is 330 g/mol. The molecule has 2 saturated heterocycles. The zero-order valence-electron chi connectivity index (χ0n) is 15.9. The summed E-state index contributed by atoms with van der Waals surface area (Å²) in [6.07, 6.45) is 9.09. The first-order chi connectivity index (χ1) is 12.6. The van der Waals surface area contributed by atoms with Crippen LogP contribution in [-0.2, 0) is 4.79 Å². The van der Waals surface area contributed by atoms with E-state index in [1.807, 2.05) is 12.2 Å². The van der Waals surface area contributed by atoms with Gasteiger partial charge >= 0.3 is 5.91 Å². The van der Waals surface area contributed by atoms with E-state index in [0.717, 1.165) is 32.6 Å². The molecule has 7 heteroatoms. The van der Waals surface area contributed by atoms with Gasteiger partial charge in [-0.05, 0) is 64.9 Å². The van der Waals surface area contributed by atoms with Gasteiger partial charge in [-0.2, -0.15) is 0 Å². The molecule has 0 aromatic carbocycles. The van der Waals surface area contributed by atoms with Crippen molar-refractivity contribution in [2.24, 2.45) is 5.18 Å². The third kappa shape index (κ3) is 4.58. The van der Waals surface area contributed by atoms with Gasteiger partial charge in [0.1, 0.15) is 5.70 Å². The molecule has 1 amide bonds. The van der Waals surface area contributed by atoms with E-state index in [4.69, 9.17) is 0 Å². The topological polar surface area (TPSA) is 68.2 Å². The van der Waals surface area contributed by atoms with Crippen LogP contribution in [0.2, 0.25) is 0 Å². The summed E-state index contributed by atoms with van der Waals surface area (Å²) >= 11 is 0. The highest BCUT2D eigenvalue weighted by molar-refractivity contribution is 5.93. The molecule has 3 rings (SSSR count). The summed E-state index contributed by atoms with van der Waals surface area (Å²) in [4.78, 5) is 29.6. The molecule has 0 aromatic rings. The lowest BCUT2D eigenvalue weighted by Gasteiger charge is -2.39. The number of carbonyl (C=O) groups excluding carboxylic acids is 1. The van der Waals surface area contributed by atoms with Crippen LogP contribution in [0.4, 0.5) is 0 Å². The van der Waals surface area contributed by atoms with Crippen LogP contribution in [0.1, 0.15) is 33.1 Å². The predicted molar refractivity (Wildman–Crippen MR) is 102 cm³/mol. The Bertz CT molecular complexity index is 566. The van der Waals surface area contributed by atoms with E-state index >= 15 is 0 Å². The first kappa shape index (κ1) is 19.2. The molecule has 0 spiro atoms. The molecule has 0 bridgehead atoms. The lowest BCUT2D eigenvalue weighted by atomic mass is 10.0. The van der Waals surface area contributed by atoms with Crippen LogP contribution in [0.5, 0.6) is 0 Å². The molecule has 7 nitrogen and oxygen atoms in total. The Morgan fingerprint density at radius 3 is 2.50 bits per heavy atom. The fraction of sp³-hybridized carbons (Fsp3) is 0.737. The Kier molecular flexibility index (Phi) is 6.56. The number of carbonyl (C=O) groups is 1. The summed E-state index contributed by atoms with van der Waals surface area (Å²) in [7, 11) is 0. The summed E-state index contributed by atoms with van der Waals surface area (Å²) in [5, 5.41) is 5.66. The number of likely N-dealkylation sites (tertiary alicyclic amines) is 1. The molecule has 0 radical (unpaired) electrons. The van der Waals surface area contributed by atoms with Crippen molar-refractivity contribution < 1.29 is 4.79 Å². The summed E-state index contributed by atoms with van der Waals surface area (Å²) in [5.74, 6) is -0.729. The normalized spacial score (nSPS) is 27.0. The van der Waals surface area contributed by atoms with Gasteiger partial charge in [0.15, 0.2) is 0 Å². The van der Waals surface area contributed by atoms with Gasteiger partial charge in [-0.25, -0.2) is 0 Å². The molecule has 1 N–H and O–H groups in total. The second-order valence-electron chi connectivity index (χ2n) is 7.74. The summed E-state index contributed by atoms with van der Waals surface area (Å²) in [6.45, 7) is 11.1. The number of nitroso groups, excluding NO2 is 1. The molecule has 0 aliphatic carbocycles. The maximum absolute atomic E-state index is 11.5. The Morgan fingerprint density at radius 2 is 1.81 bits per heavy atom. The van der Waals surface area contributed by atoms with Crippen LogP contribution in [0.15, 0.2) is 29.1 Å². The van der Waals surface area contributed by atoms with Crippen molar-refractivity contribution in [3.8, 4) is 0 Å². The molecule has 26 heavy (non-hydrogen) atoms. The highest BCUT2D eigenvalue weighted by Crippen LogP contribution is 2.20. The van der Waals surface area contributed by atoms with Gasteiger partial charge in [0.2, 0.25) is 0 Å². The largest absolute Gasteiger partial charge is 0.362 e. The maximum Gasteiger partial charge on any atom is 0.332 e. The fourth-order valence-electron chi connectivity index (χ4n) is 4.28. The van der Waals surface area contributed by atoms with E-state index in [9.17, 15) is 9.70 Å². The molecule has 3 aliphatic heterocycles. The SMILES string of the molecule is CC(C)N1CCC(N2CCCN(C3C=CC=C(C(=O)N=O)N3)CC2)CC1. The highest BCUT2D eigenvalue weighted by Gasteiger charge is 2.29. The monoisotopic (exact) mass is 361 g/mol. The van der Waals surface area contributed by atoms with Gasteiger partial charge in [0.05, 0.1) is 6.17 Å². The number of amides is 1. The number of dihydropyridines is 1. The van der Waals surface area contributed by atoms with Gasteiger partial charge in [-0.1, -0.05) is 6.08 Å². The van der Waals surface area contributed by atoms with Gasteiger partial charge in [-0.3, -0.25) is 14.6 Å². The minimum absolute atomic E-state index is 0.0385. The predicted octanol–water partition coefficient (Wildman–Crippen LogP) is 1.53. The van der Waals surface area contributed by atoms with Crippen molar-refractivity contribution in [3.05, 3.63) is 28.8 Å². The quantitative estimate of drug-likeness (QED) is 0.766. The average molecular weight is 361 g/mol. The van der Waals surface area contributed by atoms with Crippen molar-refractivity contribution in [2.45, 2.75) is 51.4 Å². The van der Waals surface area contributed by atoms with Crippen LogP contribution in [0, 0.1) is 4.91 Å². The van der Waals surface area contributed by atoms with Gasteiger partial charge < -0.3 is 10.2 Å². The van der Waals surface area contributed by atoms with Crippen molar-refractivity contribution in [2.75, 3.05) is 39.3 Å². The van der Waals surface area contributed by atoms with Gasteiger partial charge in [-0.15, -0.1) is 4.91 Å². The van der Waals surface area contributed by atoms with E-state index in [0.29, 0.717) is 12.1 Å². The van der Waals surface area contributed by atoms with E-state index in [1.165, 1.54) is 25.9 Å². The molecule has 1 atom stereocenters. The van der Waals surface area contributed by atoms with Crippen molar-refractivity contribution in [1.82, 2.24) is 20.0 Å². The van der Waals surface area contributed by atoms with Crippen molar-refractivity contribution in [3.63, 3.8) is 0 Å². The molecular formula is C19H31N5O2. The standard InChI is InChI=1S/C19H31N5O2/c1-15(2)22-11-7-16(8-12-22)23-9-4-10-24(14-13-23)18-6-3-5-17(20-18)19(25)21-26/h3,5-6,15-16,18,20H,4,7-14H2,1-2H3. The smallest absolute Gasteiger partial charge is 0.332 e. The zero-order valence-corrected chi connectivity index (χ0v) is 15.9. The number of hydrogen-bond donors (Lipinski definition) is 1. The van der Waals surface area contributed by atoms with E-state index < -0.39 is 5.91 Å². The van der Waals surface area contributed by atoms with Gasteiger partial charge in [0, 0.05) is 36.9 Å². The molecule has 0 aromatic heterocycles. The second-order valence-corrected chi connectivity index (χ2v) is 7.74. The summed E-state index contributed by atoms with van der Waals surface area (Å²) in [6, 6.07) is 1.33. The van der Waals surface area contributed by atoms with E-state index in [1.54, 1.807) is 6.08 Å². The van der Waals surface area contributed by atoms with Crippen LogP contribution >= 0.6 is 0 Å². The van der Waals surface area contributed by atoms with Crippen LogP contribution in [0.25, 0.3) is 0 Å². The molecule has 3 aliphatic rings. The van der Waals surface area contributed by atoms with Crippen LogP contribution < -0.4 is 5.32 Å². The molecule has 144 valence electrons. The third-order valence-corrected chi connectivity index (χ3v) is 5.88. The molecule has 2 fully saturated rings. The number of rotatable bonds is 4. The van der Waals surface area contributed by atoms with E-state index in [2.05, 4.69) is 39.0 Å². The Balaban J connectivity index is 1.51. The van der Waals surface area contributed by atoms with Crippen molar-refractivity contribution >= 4 is 5.91 Å². The second kappa shape index (κ2) is 8.88. The maximum atomic E-state index is 11.5. The number of nitrogens with zero attached hydrogens (tertiary/aromatic N) is 4. The molecule has 1 unspecified atom stereocenters. The minimum atomic E-state index is -0.729. The first-order valence-electron chi connectivity index (χ1n) is 9.83. The average Bonchev–Trinajstić information content (AvgIpc) is 2.94. The zero-order chi connectivity index (χ0) is 18.5. The Labute approximate surface area is 156 Å². The fourth-order valence-corrected chi connectivity index (χ4v) is 4.28. The lowest BCUT2D eigenvalue weighted by molar-refractivity contribution is -0.115. The Morgan fingerprint density at radius 1 is 1.12 bits per heavy atom. The van der Waals surface area contributed by atoms with E-state index in [-0.39, 0.29) is 11.9 Å². The number of hydrogen-bond acceptors (Lipinski definition) is 6. The first-order valence-corrected chi connectivity index (χ1v) is 9.83.